The molecule has 0 atom stereocenters. The van der Waals surface area contributed by atoms with Crippen LogP contribution in [0.4, 0.5) is 4.39 Å². The monoisotopic (exact) mass is 313 g/mol. The minimum Gasteiger partial charge on any atom is -0.460 e. The zero-order valence-corrected chi connectivity index (χ0v) is 11.0. The van der Waals surface area contributed by atoms with Crippen molar-refractivity contribution in [2.75, 3.05) is 6.61 Å². The van der Waals surface area contributed by atoms with Crippen molar-refractivity contribution in [1.82, 2.24) is 4.98 Å². The van der Waals surface area contributed by atoms with Crippen molar-refractivity contribution in [1.29, 1.82) is 0 Å². The molecule has 0 aliphatic heterocycles. The Labute approximate surface area is 111 Å². The molecule has 0 bridgehead atoms. The van der Waals surface area contributed by atoms with Gasteiger partial charge >= 0.3 is 5.97 Å². The summed E-state index contributed by atoms with van der Waals surface area (Å²) in [7, 11) is 0. The van der Waals surface area contributed by atoms with Gasteiger partial charge in [-0.05, 0) is 35.0 Å². The topological polar surface area (TPSA) is 52.3 Å². The van der Waals surface area contributed by atoms with Gasteiger partial charge in [-0.15, -0.1) is 0 Å². The molecule has 0 unspecified atom stereocenters. The van der Waals surface area contributed by atoms with Crippen LogP contribution in [0.15, 0.2) is 33.5 Å². The third kappa shape index (κ3) is 2.43. The summed E-state index contributed by atoms with van der Waals surface area (Å²) in [4.78, 5) is 15.5. The van der Waals surface area contributed by atoms with Gasteiger partial charge in [0, 0.05) is 5.56 Å². The number of carbonyl (C=O) groups is 1. The number of nitrogens with zero attached hydrogens (tertiary/aromatic N) is 1. The van der Waals surface area contributed by atoms with Crippen molar-refractivity contribution >= 4 is 21.9 Å². The molecule has 0 fully saturated rings. The van der Waals surface area contributed by atoms with Crippen molar-refractivity contribution in [3.8, 4) is 11.3 Å². The van der Waals surface area contributed by atoms with Crippen molar-refractivity contribution in [3.05, 3.63) is 40.6 Å². The molecule has 0 N–H and O–H groups in total. The fraction of sp³-hybridized carbons (Fsp3) is 0.167. The number of esters is 1. The van der Waals surface area contributed by atoms with Crippen LogP contribution in [-0.4, -0.2) is 17.6 Å². The maximum absolute atomic E-state index is 13.4. The van der Waals surface area contributed by atoms with Gasteiger partial charge in [-0.2, -0.15) is 0 Å². The molecule has 0 amide bonds. The van der Waals surface area contributed by atoms with E-state index >= 15 is 0 Å². The molecule has 2 aromatic rings. The SMILES string of the molecule is CCOC(=O)c1ocnc1-c1ccc(Br)c(F)c1. The summed E-state index contributed by atoms with van der Waals surface area (Å²) >= 11 is 3.05. The van der Waals surface area contributed by atoms with E-state index in [4.69, 9.17) is 9.15 Å². The highest BCUT2D eigenvalue weighted by molar-refractivity contribution is 9.10. The van der Waals surface area contributed by atoms with Gasteiger partial charge in [0.1, 0.15) is 11.5 Å². The molecular weight excluding hydrogens is 305 g/mol. The maximum Gasteiger partial charge on any atom is 0.376 e. The molecule has 1 aromatic heterocycles. The fourth-order valence-electron chi connectivity index (χ4n) is 1.44. The number of halogens is 2. The van der Waals surface area contributed by atoms with E-state index in [1.165, 1.54) is 12.1 Å². The summed E-state index contributed by atoms with van der Waals surface area (Å²) in [5.41, 5.74) is 0.715. The third-order valence-electron chi connectivity index (χ3n) is 2.22. The van der Waals surface area contributed by atoms with Gasteiger partial charge in [0.15, 0.2) is 6.39 Å². The predicted molar refractivity (Wildman–Crippen MR) is 65.6 cm³/mol. The highest BCUT2D eigenvalue weighted by Gasteiger charge is 2.20. The standard InChI is InChI=1S/C12H9BrFNO3/c1-2-17-12(16)11-10(15-6-18-11)7-3-4-8(13)9(14)5-7/h3-6H,2H2,1H3. The highest BCUT2D eigenvalue weighted by atomic mass is 79.9. The van der Waals surface area contributed by atoms with Crippen LogP contribution in [0.3, 0.4) is 0 Å². The lowest BCUT2D eigenvalue weighted by Crippen LogP contribution is -2.05. The van der Waals surface area contributed by atoms with Crippen LogP contribution >= 0.6 is 15.9 Å². The van der Waals surface area contributed by atoms with E-state index in [1.54, 1.807) is 13.0 Å². The van der Waals surface area contributed by atoms with Crippen molar-refractivity contribution in [2.45, 2.75) is 6.92 Å². The molecule has 0 saturated heterocycles. The number of rotatable bonds is 3. The molecule has 0 saturated carbocycles. The largest absolute Gasteiger partial charge is 0.460 e. The summed E-state index contributed by atoms with van der Waals surface area (Å²) in [6.45, 7) is 1.92. The average molecular weight is 314 g/mol. The Kier molecular flexibility index (Phi) is 3.76. The average Bonchev–Trinajstić information content (AvgIpc) is 2.82. The number of hydrogen-bond donors (Lipinski definition) is 0. The summed E-state index contributed by atoms with van der Waals surface area (Å²) in [5.74, 6) is -1.09. The summed E-state index contributed by atoms with van der Waals surface area (Å²) in [6.07, 6.45) is 1.13. The van der Waals surface area contributed by atoms with Crippen molar-refractivity contribution < 1.29 is 18.3 Å². The van der Waals surface area contributed by atoms with E-state index in [9.17, 15) is 9.18 Å². The number of benzene rings is 1. The van der Waals surface area contributed by atoms with E-state index in [1.807, 2.05) is 0 Å². The van der Waals surface area contributed by atoms with Crippen LogP contribution in [0.2, 0.25) is 0 Å². The molecule has 0 spiro atoms. The quantitative estimate of drug-likeness (QED) is 0.815. The molecule has 0 radical (unpaired) electrons. The zero-order chi connectivity index (χ0) is 13.1. The minimum absolute atomic E-state index is 0.0291. The number of carbonyl (C=O) groups excluding carboxylic acids is 1. The van der Waals surface area contributed by atoms with Crippen LogP contribution in [0, 0.1) is 5.82 Å². The third-order valence-corrected chi connectivity index (χ3v) is 2.86. The van der Waals surface area contributed by atoms with E-state index in [2.05, 4.69) is 20.9 Å². The molecular formula is C12H9BrFNO3. The van der Waals surface area contributed by atoms with Gasteiger partial charge in [0.25, 0.3) is 0 Å². The van der Waals surface area contributed by atoms with Crippen LogP contribution in [-0.2, 0) is 4.74 Å². The second-order valence-electron chi connectivity index (χ2n) is 3.38. The second-order valence-corrected chi connectivity index (χ2v) is 4.23. The Morgan fingerprint density at radius 2 is 2.33 bits per heavy atom. The number of hydrogen-bond acceptors (Lipinski definition) is 4. The number of oxazole rings is 1. The summed E-state index contributed by atoms with van der Waals surface area (Å²) in [5, 5.41) is 0. The number of aromatic nitrogens is 1. The summed E-state index contributed by atoms with van der Waals surface area (Å²) < 4.78 is 23.6. The molecule has 1 heterocycles. The van der Waals surface area contributed by atoms with Crippen LogP contribution in [0.25, 0.3) is 11.3 Å². The van der Waals surface area contributed by atoms with Gasteiger partial charge in [0.05, 0.1) is 11.1 Å². The van der Waals surface area contributed by atoms with Gasteiger partial charge in [-0.1, -0.05) is 6.07 Å². The van der Waals surface area contributed by atoms with Gasteiger partial charge in [-0.3, -0.25) is 0 Å². The molecule has 18 heavy (non-hydrogen) atoms. The first-order valence-electron chi connectivity index (χ1n) is 5.19. The lowest BCUT2D eigenvalue weighted by Gasteiger charge is -2.02. The summed E-state index contributed by atoms with van der Waals surface area (Å²) in [6, 6.07) is 4.44. The van der Waals surface area contributed by atoms with E-state index in [0.29, 0.717) is 10.0 Å². The molecule has 94 valence electrons. The molecule has 0 aliphatic carbocycles. The number of ether oxygens (including phenoxy) is 1. The lowest BCUT2D eigenvalue weighted by atomic mass is 10.1. The lowest BCUT2D eigenvalue weighted by molar-refractivity contribution is 0.0491. The van der Waals surface area contributed by atoms with E-state index in [0.717, 1.165) is 6.39 Å². The molecule has 1 aromatic carbocycles. The van der Waals surface area contributed by atoms with Crippen molar-refractivity contribution in [2.24, 2.45) is 0 Å². The molecule has 6 heteroatoms. The Morgan fingerprint density at radius 1 is 1.56 bits per heavy atom. The smallest absolute Gasteiger partial charge is 0.376 e. The first-order chi connectivity index (χ1) is 8.63. The minimum atomic E-state index is -0.617. The van der Waals surface area contributed by atoms with Crippen LogP contribution < -0.4 is 0 Å². The first-order valence-corrected chi connectivity index (χ1v) is 5.98. The van der Waals surface area contributed by atoms with Gasteiger partial charge < -0.3 is 9.15 Å². The molecule has 2 rings (SSSR count). The highest BCUT2D eigenvalue weighted by Crippen LogP contribution is 2.26. The Morgan fingerprint density at radius 3 is 3.00 bits per heavy atom. The Bertz CT molecular complexity index is 582. The predicted octanol–water partition coefficient (Wildman–Crippen LogP) is 3.42. The normalized spacial score (nSPS) is 10.4. The maximum atomic E-state index is 13.4. The zero-order valence-electron chi connectivity index (χ0n) is 9.44. The van der Waals surface area contributed by atoms with Crippen LogP contribution in [0.1, 0.15) is 17.5 Å². The van der Waals surface area contributed by atoms with Crippen molar-refractivity contribution in [3.63, 3.8) is 0 Å². The second kappa shape index (κ2) is 5.30. The van der Waals surface area contributed by atoms with E-state index in [-0.39, 0.29) is 18.1 Å². The van der Waals surface area contributed by atoms with Crippen LogP contribution in [0.5, 0.6) is 0 Å². The fourth-order valence-corrected chi connectivity index (χ4v) is 1.68. The van der Waals surface area contributed by atoms with Gasteiger partial charge in [0.2, 0.25) is 5.76 Å². The first kappa shape index (κ1) is 12.8. The Balaban J connectivity index is 2.42. The molecule has 4 nitrogen and oxygen atoms in total. The van der Waals surface area contributed by atoms with Gasteiger partial charge in [-0.25, -0.2) is 14.2 Å². The molecule has 0 aliphatic rings. The Hall–Kier alpha value is -1.69. The van der Waals surface area contributed by atoms with E-state index < -0.39 is 11.8 Å².